The fourth-order valence-corrected chi connectivity index (χ4v) is 2.53. The molecule has 2 unspecified atom stereocenters. The molecule has 1 aliphatic heterocycles. The van der Waals surface area contributed by atoms with Gasteiger partial charge in [0.15, 0.2) is 0 Å². The third kappa shape index (κ3) is 3.28. The number of rotatable bonds is 4. The Kier molecular flexibility index (Phi) is 4.68. The van der Waals surface area contributed by atoms with Crippen LogP contribution in [0.15, 0.2) is 45.4 Å². The highest BCUT2D eigenvalue weighted by Crippen LogP contribution is 2.26. The SMILES string of the molecule is CN=CCCC1=CC(C)C(C2=CCCC=C2)N=C1. The molecule has 2 aliphatic rings. The van der Waals surface area contributed by atoms with Crippen molar-refractivity contribution in [2.24, 2.45) is 15.9 Å². The van der Waals surface area contributed by atoms with Gasteiger partial charge >= 0.3 is 0 Å². The van der Waals surface area contributed by atoms with Crippen LogP contribution in [0.25, 0.3) is 0 Å². The van der Waals surface area contributed by atoms with Gasteiger partial charge in [-0.05, 0) is 43.0 Å². The smallest absolute Gasteiger partial charge is 0.0805 e. The number of dihydropyridines is 1. The summed E-state index contributed by atoms with van der Waals surface area (Å²) in [4.78, 5) is 8.75. The van der Waals surface area contributed by atoms with E-state index in [2.05, 4.69) is 42.4 Å². The molecule has 96 valence electrons. The van der Waals surface area contributed by atoms with Gasteiger partial charge in [-0.25, -0.2) is 0 Å². The predicted molar refractivity (Wildman–Crippen MR) is 79.6 cm³/mol. The lowest BCUT2D eigenvalue weighted by Gasteiger charge is -2.24. The number of hydrogen-bond donors (Lipinski definition) is 0. The minimum absolute atomic E-state index is 0.324. The van der Waals surface area contributed by atoms with Crippen LogP contribution in [0.4, 0.5) is 0 Å². The summed E-state index contributed by atoms with van der Waals surface area (Å²) in [6.07, 6.45) is 17.6. The lowest BCUT2D eigenvalue weighted by atomic mass is 9.88. The van der Waals surface area contributed by atoms with Gasteiger partial charge in [-0.2, -0.15) is 0 Å². The van der Waals surface area contributed by atoms with E-state index in [0.717, 1.165) is 19.3 Å². The molecule has 0 saturated heterocycles. The van der Waals surface area contributed by atoms with Crippen molar-refractivity contribution in [1.29, 1.82) is 0 Å². The first-order chi connectivity index (χ1) is 8.81. The van der Waals surface area contributed by atoms with Crippen LogP contribution in [0.1, 0.15) is 32.6 Å². The average molecular weight is 242 g/mol. The van der Waals surface area contributed by atoms with E-state index >= 15 is 0 Å². The molecule has 0 spiro atoms. The number of hydrogen-bond acceptors (Lipinski definition) is 2. The van der Waals surface area contributed by atoms with E-state index in [0.29, 0.717) is 12.0 Å². The third-order valence-corrected chi connectivity index (χ3v) is 3.49. The van der Waals surface area contributed by atoms with Crippen LogP contribution in [0.2, 0.25) is 0 Å². The van der Waals surface area contributed by atoms with Crippen molar-refractivity contribution in [3.05, 3.63) is 35.5 Å². The lowest BCUT2D eigenvalue weighted by molar-refractivity contribution is 0.601. The van der Waals surface area contributed by atoms with Crippen LogP contribution in [0, 0.1) is 5.92 Å². The lowest BCUT2D eigenvalue weighted by Crippen LogP contribution is -2.21. The maximum atomic E-state index is 4.74. The Labute approximate surface area is 110 Å². The summed E-state index contributed by atoms with van der Waals surface area (Å²) in [5, 5.41) is 0. The Morgan fingerprint density at radius 1 is 1.44 bits per heavy atom. The standard InChI is InChI=1S/C16H22N2/c1-13-11-14(7-6-10-17-2)12-18-16(13)15-8-4-3-5-9-15/h4,8-13,16H,3,5-7H2,1-2H3. The number of nitrogens with zero attached hydrogens (tertiary/aromatic N) is 2. The van der Waals surface area contributed by atoms with Crippen molar-refractivity contribution in [3.8, 4) is 0 Å². The quantitative estimate of drug-likeness (QED) is 0.671. The topological polar surface area (TPSA) is 24.7 Å². The zero-order valence-electron chi connectivity index (χ0n) is 11.3. The monoisotopic (exact) mass is 242 g/mol. The Bertz CT molecular complexity index is 424. The van der Waals surface area contributed by atoms with E-state index in [1.165, 1.54) is 17.6 Å². The highest BCUT2D eigenvalue weighted by atomic mass is 14.8. The highest BCUT2D eigenvalue weighted by Gasteiger charge is 2.21. The molecule has 0 amide bonds. The number of allylic oxidation sites excluding steroid dienone is 3. The van der Waals surface area contributed by atoms with Gasteiger partial charge in [0.25, 0.3) is 0 Å². The molecule has 2 nitrogen and oxygen atoms in total. The first-order valence-electron chi connectivity index (χ1n) is 6.82. The zero-order valence-corrected chi connectivity index (χ0v) is 11.3. The van der Waals surface area contributed by atoms with E-state index in [-0.39, 0.29) is 0 Å². The second-order valence-corrected chi connectivity index (χ2v) is 4.99. The fourth-order valence-electron chi connectivity index (χ4n) is 2.53. The molecule has 0 radical (unpaired) electrons. The van der Waals surface area contributed by atoms with Gasteiger partial charge in [-0.15, -0.1) is 0 Å². The Balaban J connectivity index is 1.98. The van der Waals surface area contributed by atoms with Gasteiger partial charge < -0.3 is 4.99 Å². The maximum Gasteiger partial charge on any atom is 0.0805 e. The second-order valence-electron chi connectivity index (χ2n) is 4.99. The molecule has 2 rings (SSSR count). The Morgan fingerprint density at radius 3 is 3.00 bits per heavy atom. The predicted octanol–water partition coefficient (Wildman–Crippen LogP) is 3.76. The van der Waals surface area contributed by atoms with Crippen LogP contribution in [0.5, 0.6) is 0 Å². The molecule has 2 atom stereocenters. The summed E-state index contributed by atoms with van der Waals surface area (Å²) in [6.45, 7) is 2.26. The first kappa shape index (κ1) is 13.0. The normalized spacial score (nSPS) is 27.4. The summed E-state index contributed by atoms with van der Waals surface area (Å²) in [6, 6.07) is 0.324. The van der Waals surface area contributed by atoms with Crippen molar-refractivity contribution in [3.63, 3.8) is 0 Å². The molecule has 0 aromatic rings. The Hall–Kier alpha value is -1.44. The summed E-state index contributed by atoms with van der Waals surface area (Å²) >= 11 is 0. The largest absolute Gasteiger partial charge is 0.301 e. The van der Waals surface area contributed by atoms with Gasteiger partial charge in [0.05, 0.1) is 6.04 Å². The summed E-state index contributed by atoms with van der Waals surface area (Å²) in [5.74, 6) is 0.498. The zero-order chi connectivity index (χ0) is 12.8. The van der Waals surface area contributed by atoms with Gasteiger partial charge in [-0.3, -0.25) is 4.99 Å². The molecule has 18 heavy (non-hydrogen) atoms. The molecule has 2 heteroatoms. The summed E-state index contributed by atoms with van der Waals surface area (Å²) < 4.78 is 0. The van der Waals surface area contributed by atoms with Crippen LogP contribution < -0.4 is 0 Å². The maximum absolute atomic E-state index is 4.74. The second kappa shape index (κ2) is 6.48. The van der Waals surface area contributed by atoms with Crippen LogP contribution >= 0.6 is 0 Å². The number of aliphatic imine (C=N–C) groups is 2. The minimum Gasteiger partial charge on any atom is -0.301 e. The average Bonchev–Trinajstić information content (AvgIpc) is 2.40. The van der Waals surface area contributed by atoms with Crippen molar-refractivity contribution in [2.45, 2.75) is 38.6 Å². The highest BCUT2D eigenvalue weighted by molar-refractivity contribution is 5.81. The fraction of sp³-hybridized carbons (Fsp3) is 0.500. The molecule has 0 aromatic carbocycles. The van der Waals surface area contributed by atoms with Crippen molar-refractivity contribution in [1.82, 2.24) is 0 Å². The molecule has 0 N–H and O–H groups in total. The molecule has 1 heterocycles. The van der Waals surface area contributed by atoms with E-state index in [9.17, 15) is 0 Å². The molecule has 1 aliphatic carbocycles. The van der Waals surface area contributed by atoms with Crippen molar-refractivity contribution in [2.75, 3.05) is 7.05 Å². The molecule has 0 saturated carbocycles. The molecular weight excluding hydrogens is 220 g/mol. The van der Waals surface area contributed by atoms with Crippen molar-refractivity contribution >= 4 is 12.4 Å². The Morgan fingerprint density at radius 2 is 2.33 bits per heavy atom. The van der Waals surface area contributed by atoms with E-state index in [1.807, 2.05) is 13.3 Å². The molecule has 0 aromatic heterocycles. The minimum atomic E-state index is 0.324. The molecular formula is C16H22N2. The summed E-state index contributed by atoms with van der Waals surface area (Å²) in [7, 11) is 1.82. The molecule has 0 fully saturated rings. The third-order valence-electron chi connectivity index (χ3n) is 3.49. The van der Waals surface area contributed by atoms with Crippen LogP contribution in [-0.2, 0) is 0 Å². The van der Waals surface area contributed by atoms with E-state index in [1.54, 1.807) is 0 Å². The molecule has 0 bridgehead atoms. The van der Waals surface area contributed by atoms with Gasteiger partial charge in [0.1, 0.15) is 0 Å². The first-order valence-corrected chi connectivity index (χ1v) is 6.82. The van der Waals surface area contributed by atoms with Gasteiger partial charge in [-0.1, -0.05) is 31.2 Å². The van der Waals surface area contributed by atoms with Gasteiger partial charge in [0.2, 0.25) is 0 Å². The van der Waals surface area contributed by atoms with Crippen molar-refractivity contribution < 1.29 is 0 Å². The van der Waals surface area contributed by atoms with E-state index < -0.39 is 0 Å². The van der Waals surface area contributed by atoms with E-state index in [4.69, 9.17) is 4.99 Å². The summed E-state index contributed by atoms with van der Waals surface area (Å²) in [5.41, 5.74) is 2.73. The van der Waals surface area contributed by atoms with Crippen LogP contribution in [0.3, 0.4) is 0 Å². The van der Waals surface area contributed by atoms with Crippen LogP contribution in [-0.4, -0.2) is 25.5 Å². The van der Waals surface area contributed by atoms with Gasteiger partial charge in [0, 0.05) is 19.2 Å².